The lowest BCUT2D eigenvalue weighted by Crippen LogP contribution is -2.62. The van der Waals surface area contributed by atoms with E-state index < -0.39 is 0 Å². The number of hydrogen-bond acceptors (Lipinski definition) is 6. The van der Waals surface area contributed by atoms with Gasteiger partial charge >= 0.3 is 0 Å². The number of aromatic nitrogens is 4. The summed E-state index contributed by atoms with van der Waals surface area (Å²) in [6.07, 6.45) is 5.37. The maximum Gasteiger partial charge on any atom is 0.160 e. The van der Waals surface area contributed by atoms with Crippen molar-refractivity contribution in [2.75, 3.05) is 25.1 Å². The number of ether oxygens (including phenoxy) is 1. The molecule has 3 aromatic heterocycles. The number of thiophene rings is 1. The Morgan fingerprint density at radius 3 is 2.86 bits per heavy atom. The molecule has 4 heterocycles. The van der Waals surface area contributed by atoms with Gasteiger partial charge in [-0.2, -0.15) is 0 Å². The molecule has 1 fully saturated rings. The van der Waals surface area contributed by atoms with Crippen LogP contribution in [0.15, 0.2) is 30.2 Å². The van der Waals surface area contributed by atoms with Crippen LogP contribution in [0.4, 0.5) is 5.82 Å². The largest absolute Gasteiger partial charge is 0.367 e. The number of rotatable bonds is 3. The predicted octanol–water partition coefficient (Wildman–Crippen LogP) is 1.79. The van der Waals surface area contributed by atoms with Gasteiger partial charge in [0.15, 0.2) is 5.60 Å². The van der Waals surface area contributed by atoms with Crippen molar-refractivity contribution in [3.8, 4) is 0 Å². The predicted molar refractivity (Wildman–Crippen MR) is 81.5 cm³/mol. The van der Waals surface area contributed by atoms with Crippen molar-refractivity contribution < 1.29 is 4.74 Å². The van der Waals surface area contributed by atoms with E-state index in [4.69, 9.17) is 4.74 Å². The van der Waals surface area contributed by atoms with Crippen molar-refractivity contribution >= 4 is 27.4 Å². The monoisotopic (exact) mass is 301 g/mol. The van der Waals surface area contributed by atoms with Gasteiger partial charge in [0.25, 0.3) is 0 Å². The first-order valence-electron chi connectivity index (χ1n) is 6.70. The van der Waals surface area contributed by atoms with Gasteiger partial charge in [0.05, 0.1) is 23.3 Å². The van der Waals surface area contributed by atoms with Crippen molar-refractivity contribution in [2.24, 2.45) is 7.05 Å². The molecular weight excluding hydrogens is 286 g/mol. The molecule has 0 radical (unpaired) electrons. The first-order valence-corrected chi connectivity index (χ1v) is 7.57. The van der Waals surface area contributed by atoms with Crippen LogP contribution in [-0.4, -0.2) is 39.7 Å². The van der Waals surface area contributed by atoms with Crippen LogP contribution in [0.1, 0.15) is 5.82 Å². The number of nitrogens with zero attached hydrogens (tertiary/aromatic N) is 5. The number of hydrogen-bond donors (Lipinski definition) is 0. The zero-order valence-corrected chi connectivity index (χ0v) is 12.7. The quantitative estimate of drug-likeness (QED) is 0.738. The lowest BCUT2D eigenvalue weighted by atomic mass is 9.92. The summed E-state index contributed by atoms with van der Waals surface area (Å²) in [6, 6.07) is 2.02. The highest BCUT2D eigenvalue weighted by Gasteiger charge is 2.48. The summed E-state index contributed by atoms with van der Waals surface area (Å²) in [4.78, 5) is 15.4. The van der Waals surface area contributed by atoms with E-state index in [9.17, 15) is 0 Å². The molecule has 1 aliphatic heterocycles. The molecule has 1 aliphatic rings. The first-order chi connectivity index (χ1) is 10.2. The van der Waals surface area contributed by atoms with Gasteiger partial charge in [-0.3, -0.25) is 0 Å². The van der Waals surface area contributed by atoms with Crippen LogP contribution in [0.2, 0.25) is 0 Å². The van der Waals surface area contributed by atoms with E-state index in [0.717, 1.165) is 34.9 Å². The van der Waals surface area contributed by atoms with Gasteiger partial charge in [-0.1, -0.05) is 0 Å². The van der Waals surface area contributed by atoms with Crippen molar-refractivity contribution in [1.82, 2.24) is 19.5 Å². The number of imidazole rings is 1. The summed E-state index contributed by atoms with van der Waals surface area (Å²) in [6.45, 7) is 1.50. The highest BCUT2D eigenvalue weighted by molar-refractivity contribution is 7.17. The zero-order chi connectivity index (χ0) is 14.4. The summed E-state index contributed by atoms with van der Waals surface area (Å²) < 4.78 is 8.92. The van der Waals surface area contributed by atoms with Crippen LogP contribution in [0.5, 0.6) is 0 Å². The normalized spacial score (nSPS) is 17.1. The fourth-order valence-corrected chi connectivity index (χ4v) is 3.75. The van der Waals surface area contributed by atoms with E-state index in [1.807, 2.05) is 29.3 Å². The lowest BCUT2D eigenvalue weighted by Gasteiger charge is -2.48. The Kier molecular flexibility index (Phi) is 2.73. The zero-order valence-electron chi connectivity index (χ0n) is 11.9. The molecule has 0 unspecified atom stereocenters. The number of aryl methyl sites for hydroxylation is 1. The summed E-state index contributed by atoms with van der Waals surface area (Å²) in [5.74, 6) is 1.94. The minimum atomic E-state index is -0.354. The molecule has 0 aromatic carbocycles. The Hall–Kier alpha value is -1.99. The molecule has 0 bridgehead atoms. The Labute approximate surface area is 126 Å². The van der Waals surface area contributed by atoms with Crippen molar-refractivity contribution in [1.29, 1.82) is 0 Å². The summed E-state index contributed by atoms with van der Waals surface area (Å²) in [5, 5.41) is 2.05. The molecule has 0 amide bonds. The molecule has 1 saturated heterocycles. The lowest BCUT2D eigenvalue weighted by molar-refractivity contribution is -0.0474. The van der Waals surface area contributed by atoms with Gasteiger partial charge in [-0.25, -0.2) is 15.0 Å². The second-order valence-corrected chi connectivity index (χ2v) is 6.16. The molecular formula is C14H15N5OS. The van der Waals surface area contributed by atoms with Gasteiger partial charge in [0.2, 0.25) is 0 Å². The molecule has 0 aliphatic carbocycles. The number of anilines is 1. The highest BCUT2D eigenvalue weighted by atomic mass is 32.1. The summed E-state index contributed by atoms with van der Waals surface area (Å²) in [7, 11) is 3.74. The van der Waals surface area contributed by atoms with Crippen molar-refractivity contribution in [3.63, 3.8) is 0 Å². The molecule has 0 saturated carbocycles. The summed E-state index contributed by atoms with van der Waals surface area (Å²) >= 11 is 1.67. The highest BCUT2D eigenvalue weighted by Crippen LogP contribution is 2.39. The van der Waals surface area contributed by atoms with Gasteiger partial charge in [-0.05, 0) is 11.4 Å². The van der Waals surface area contributed by atoms with Crippen LogP contribution in [0.25, 0.3) is 10.2 Å². The maximum atomic E-state index is 5.78. The topological polar surface area (TPSA) is 56.1 Å². The molecule has 21 heavy (non-hydrogen) atoms. The third-order valence-corrected chi connectivity index (χ3v) is 4.94. The van der Waals surface area contributed by atoms with Gasteiger partial charge in [-0.15, -0.1) is 11.3 Å². The average molecular weight is 301 g/mol. The van der Waals surface area contributed by atoms with E-state index in [0.29, 0.717) is 0 Å². The molecule has 4 rings (SSSR count). The minimum absolute atomic E-state index is 0.354. The van der Waals surface area contributed by atoms with Gasteiger partial charge in [0.1, 0.15) is 18.0 Å². The van der Waals surface area contributed by atoms with Crippen molar-refractivity contribution in [2.45, 2.75) is 5.60 Å². The molecule has 6 nitrogen and oxygen atoms in total. The SMILES string of the molecule is COC1(c2nccn2C)CN(c2ncnc3ccsc23)C1. The fraction of sp³-hybridized carbons (Fsp3) is 0.357. The second-order valence-electron chi connectivity index (χ2n) is 5.25. The van der Waals surface area contributed by atoms with E-state index in [-0.39, 0.29) is 5.60 Å². The van der Waals surface area contributed by atoms with E-state index in [1.54, 1.807) is 31.0 Å². The number of methoxy groups -OCH3 is 1. The Morgan fingerprint density at radius 1 is 1.29 bits per heavy atom. The third-order valence-electron chi connectivity index (χ3n) is 4.04. The van der Waals surface area contributed by atoms with E-state index in [2.05, 4.69) is 19.9 Å². The van der Waals surface area contributed by atoms with Crippen LogP contribution in [-0.2, 0) is 17.4 Å². The van der Waals surface area contributed by atoms with E-state index >= 15 is 0 Å². The summed E-state index contributed by atoms with van der Waals surface area (Å²) in [5.41, 5.74) is 0.643. The standard InChI is InChI=1S/C14H15N5OS/c1-18-5-4-15-13(18)14(20-2)7-19(8-14)12-11-10(3-6-21-11)16-9-17-12/h3-6,9H,7-8H2,1-2H3. The van der Waals surface area contributed by atoms with Crippen LogP contribution < -0.4 is 4.90 Å². The van der Waals surface area contributed by atoms with Gasteiger partial charge in [0, 0.05) is 26.6 Å². The minimum Gasteiger partial charge on any atom is -0.367 e. The molecule has 108 valence electrons. The molecule has 3 aromatic rings. The first kappa shape index (κ1) is 12.7. The third kappa shape index (κ3) is 1.77. The Bertz CT molecular complexity index is 789. The van der Waals surface area contributed by atoms with Crippen LogP contribution >= 0.6 is 11.3 Å². The molecule has 0 spiro atoms. The van der Waals surface area contributed by atoms with E-state index in [1.165, 1.54) is 0 Å². The Morgan fingerprint density at radius 2 is 2.14 bits per heavy atom. The Balaban J connectivity index is 1.67. The fourth-order valence-electron chi connectivity index (χ4n) is 2.89. The average Bonchev–Trinajstić information content (AvgIpc) is 3.08. The van der Waals surface area contributed by atoms with Gasteiger partial charge < -0.3 is 14.2 Å². The molecule has 0 atom stereocenters. The van der Waals surface area contributed by atoms with Crippen LogP contribution in [0.3, 0.4) is 0 Å². The smallest absolute Gasteiger partial charge is 0.160 e. The number of fused-ring (bicyclic) bond motifs is 1. The van der Waals surface area contributed by atoms with Crippen molar-refractivity contribution in [3.05, 3.63) is 36.0 Å². The molecule has 0 N–H and O–H groups in total. The molecule has 7 heteroatoms. The maximum absolute atomic E-state index is 5.78. The second kappa shape index (κ2) is 4.51. The van der Waals surface area contributed by atoms with Crippen LogP contribution in [0, 0.1) is 0 Å².